The van der Waals surface area contributed by atoms with Gasteiger partial charge in [0, 0.05) is 6.42 Å². The van der Waals surface area contributed by atoms with Crippen molar-refractivity contribution in [3.8, 4) is 11.5 Å². The first kappa shape index (κ1) is 10.4. The van der Waals surface area contributed by atoms with Crippen LogP contribution >= 0.6 is 11.6 Å². The van der Waals surface area contributed by atoms with Gasteiger partial charge < -0.3 is 9.47 Å². The third-order valence-corrected chi connectivity index (χ3v) is 2.49. The molecule has 0 saturated carbocycles. The molecule has 0 fully saturated rings. The fourth-order valence-electron chi connectivity index (χ4n) is 1.36. The molecular formula is C12H12ClO2. The molecule has 1 aromatic carbocycles. The molecule has 0 amide bonds. The van der Waals surface area contributed by atoms with Gasteiger partial charge in [0.2, 0.25) is 6.26 Å². The fraction of sp³-hybridized carbons (Fsp3) is 0.333. The maximum Gasteiger partial charge on any atom is 0.211 e. The van der Waals surface area contributed by atoms with Gasteiger partial charge in [0.15, 0.2) is 17.3 Å². The first-order chi connectivity index (χ1) is 7.31. The van der Waals surface area contributed by atoms with Crippen LogP contribution in [0.3, 0.4) is 0 Å². The molecule has 3 heteroatoms. The van der Waals surface area contributed by atoms with E-state index in [0.717, 1.165) is 25.0 Å². The lowest BCUT2D eigenvalue weighted by Crippen LogP contribution is -2.06. The topological polar surface area (TPSA) is 18.5 Å². The van der Waals surface area contributed by atoms with Crippen molar-refractivity contribution in [2.45, 2.75) is 26.2 Å². The average Bonchev–Trinajstić information content (AvgIpc) is 2.27. The van der Waals surface area contributed by atoms with Crippen molar-refractivity contribution in [2.75, 3.05) is 0 Å². The highest BCUT2D eigenvalue weighted by Crippen LogP contribution is 2.39. The average molecular weight is 224 g/mol. The molecule has 1 aromatic rings. The second-order valence-electron chi connectivity index (χ2n) is 3.40. The zero-order valence-corrected chi connectivity index (χ0v) is 9.30. The summed E-state index contributed by atoms with van der Waals surface area (Å²) in [5, 5.41) is 0.572. The van der Waals surface area contributed by atoms with Gasteiger partial charge in [-0.2, -0.15) is 0 Å². The van der Waals surface area contributed by atoms with Gasteiger partial charge in [-0.25, -0.2) is 0 Å². The Morgan fingerprint density at radius 1 is 1.40 bits per heavy atom. The van der Waals surface area contributed by atoms with Crippen LogP contribution in [0.4, 0.5) is 0 Å². The SMILES string of the molecule is CCCCC1=[C]Oc2cccc(Cl)c2O1. The summed E-state index contributed by atoms with van der Waals surface area (Å²) < 4.78 is 10.9. The lowest BCUT2D eigenvalue weighted by molar-refractivity contribution is 0.295. The van der Waals surface area contributed by atoms with Crippen molar-refractivity contribution >= 4 is 11.6 Å². The molecule has 1 aliphatic heterocycles. The van der Waals surface area contributed by atoms with Gasteiger partial charge in [-0.05, 0) is 18.6 Å². The van der Waals surface area contributed by atoms with Crippen LogP contribution < -0.4 is 9.47 Å². The second-order valence-corrected chi connectivity index (χ2v) is 3.81. The van der Waals surface area contributed by atoms with E-state index in [0.29, 0.717) is 16.5 Å². The van der Waals surface area contributed by atoms with Crippen LogP contribution in [0.2, 0.25) is 5.02 Å². The molecule has 0 unspecified atom stereocenters. The third kappa shape index (κ3) is 2.26. The minimum absolute atomic E-state index is 0.572. The molecule has 1 aliphatic rings. The Balaban J connectivity index is 2.14. The van der Waals surface area contributed by atoms with Gasteiger partial charge >= 0.3 is 0 Å². The molecule has 2 rings (SSSR count). The summed E-state index contributed by atoms with van der Waals surface area (Å²) in [6, 6.07) is 5.42. The van der Waals surface area contributed by atoms with Crippen LogP contribution in [0.1, 0.15) is 26.2 Å². The monoisotopic (exact) mass is 223 g/mol. The molecule has 0 spiro atoms. The number of benzene rings is 1. The minimum Gasteiger partial charge on any atom is -0.452 e. The molecule has 15 heavy (non-hydrogen) atoms. The van der Waals surface area contributed by atoms with Crippen molar-refractivity contribution in [1.82, 2.24) is 0 Å². The molecular weight excluding hydrogens is 212 g/mol. The molecule has 2 nitrogen and oxygen atoms in total. The lowest BCUT2D eigenvalue weighted by Gasteiger charge is -2.17. The Morgan fingerprint density at radius 2 is 2.27 bits per heavy atom. The largest absolute Gasteiger partial charge is 0.452 e. The maximum absolute atomic E-state index is 6.00. The summed E-state index contributed by atoms with van der Waals surface area (Å²) in [5.41, 5.74) is 0. The Bertz CT molecular complexity index is 385. The van der Waals surface area contributed by atoms with E-state index in [1.165, 1.54) is 0 Å². The van der Waals surface area contributed by atoms with Crippen LogP contribution in [0.15, 0.2) is 24.0 Å². The molecule has 1 radical (unpaired) electrons. The van der Waals surface area contributed by atoms with E-state index in [1.54, 1.807) is 6.07 Å². The van der Waals surface area contributed by atoms with Crippen LogP contribution in [-0.4, -0.2) is 0 Å². The number of halogens is 1. The van der Waals surface area contributed by atoms with Crippen molar-refractivity contribution in [2.24, 2.45) is 0 Å². The highest BCUT2D eigenvalue weighted by molar-refractivity contribution is 6.32. The van der Waals surface area contributed by atoms with Crippen molar-refractivity contribution in [1.29, 1.82) is 0 Å². The Labute approximate surface area is 94.5 Å². The summed E-state index contributed by atoms with van der Waals surface area (Å²) >= 11 is 6.00. The number of fused-ring (bicyclic) bond motifs is 1. The summed E-state index contributed by atoms with van der Waals surface area (Å²) in [4.78, 5) is 0. The number of ether oxygens (including phenoxy) is 2. The van der Waals surface area contributed by atoms with Gasteiger partial charge in [0.1, 0.15) is 0 Å². The smallest absolute Gasteiger partial charge is 0.211 e. The van der Waals surface area contributed by atoms with Gasteiger partial charge in [0.25, 0.3) is 0 Å². The zero-order valence-electron chi connectivity index (χ0n) is 8.55. The minimum atomic E-state index is 0.572. The number of para-hydroxylation sites is 1. The molecule has 0 N–H and O–H groups in total. The Morgan fingerprint density at radius 3 is 3.07 bits per heavy atom. The van der Waals surface area contributed by atoms with Crippen molar-refractivity contribution in [3.63, 3.8) is 0 Å². The summed E-state index contributed by atoms with van der Waals surface area (Å²) in [6.45, 7) is 2.13. The standard InChI is InChI=1S/C12H12ClO2/c1-2-3-5-9-8-14-11-7-4-6-10(13)12(11)15-9/h4,6-7H,2-3,5H2,1H3. The quantitative estimate of drug-likeness (QED) is 0.773. The predicted molar refractivity (Wildman–Crippen MR) is 59.0 cm³/mol. The van der Waals surface area contributed by atoms with Gasteiger partial charge in [-0.1, -0.05) is 31.0 Å². The number of unbranched alkanes of at least 4 members (excludes halogenated alkanes) is 1. The van der Waals surface area contributed by atoms with E-state index >= 15 is 0 Å². The predicted octanol–water partition coefficient (Wildman–Crippen LogP) is 3.95. The molecule has 79 valence electrons. The first-order valence-corrected chi connectivity index (χ1v) is 5.44. The molecule has 0 aromatic heterocycles. The summed E-state index contributed by atoms with van der Waals surface area (Å²) in [6.07, 6.45) is 5.78. The van der Waals surface area contributed by atoms with E-state index < -0.39 is 0 Å². The molecule has 0 aliphatic carbocycles. The van der Waals surface area contributed by atoms with Crippen LogP contribution in [0, 0.1) is 6.26 Å². The van der Waals surface area contributed by atoms with E-state index in [1.807, 2.05) is 12.1 Å². The van der Waals surface area contributed by atoms with Crippen LogP contribution in [0.25, 0.3) is 0 Å². The Kier molecular flexibility index (Phi) is 3.17. The van der Waals surface area contributed by atoms with Gasteiger partial charge in [-0.15, -0.1) is 0 Å². The Hall–Kier alpha value is -1.15. The van der Waals surface area contributed by atoms with Gasteiger partial charge in [0.05, 0.1) is 5.02 Å². The first-order valence-electron chi connectivity index (χ1n) is 5.06. The van der Waals surface area contributed by atoms with E-state index in [4.69, 9.17) is 21.1 Å². The van der Waals surface area contributed by atoms with Crippen LogP contribution in [0.5, 0.6) is 11.5 Å². The second kappa shape index (κ2) is 4.58. The lowest BCUT2D eigenvalue weighted by atomic mass is 10.2. The number of rotatable bonds is 3. The highest BCUT2D eigenvalue weighted by Gasteiger charge is 2.17. The third-order valence-electron chi connectivity index (χ3n) is 2.19. The number of allylic oxidation sites excluding steroid dienone is 1. The normalized spacial score (nSPS) is 13.6. The van der Waals surface area contributed by atoms with Gasteiger partial charge in [-0.3, -0.25) is 0 Å². The van der Waals surface area contributed by atoms with E-state index in [-0.39, 0.29) is 0 Å². The van der Waals surface area contributed by atoms with E-state index in [9.17, 15) is 0 Å². The summed E-state index contributed by atoms with van der Waals surface area (Å²) in [5.74, 6) is 1.95. The molecule has 0 saturated heterocycles. The zero-order chi connectivity index (χ0) is 10.7. The molecule has 1 heterocycles. The molecule has 0 bridgehead atoms. The van der Waals surface area contributed by atoms with Crippen LogP contribution in [-0.2, 0) is 0 Å². The summed E-state index contributed by atoms with van der Waals surface area (Å²) in [7, 11) is 0. The maximum atomic E-state index is 6.00. The van der Waals surface area contributed by atoms with Crippen molar-refractivity contribution < 1.29 is 9.47 Å². The number of hydrogen-bond acceptors (Lipinski definition) is 2. The van der Waals surface area contributed by atoms with E-state index in [2.05, 4.69) is 13.2 Å². The highest BCUT2D eigenvalue weighted by atomic mass is 35.5. The fourth-order valence-corrected chi connectivity index (χ4v) is 1.57. The number of hydrogen-bond donors (Lipinski definition) is 0. The molecule has 0 atom stereocenters. The van der Waals surface area contributed by atoms with Crippen molar-refractivity contribution in [3.05, 3.63) is 35.2 Å².